The van der Waals surface area contributed by atoms with Crippen LogP contribution in [0, 0.1) is 0 Å². The molecule has 66 heavy (non-hydrogen) atoms. The summed E-state index contributed by atoms with van der Waals surface area (Å²) in [5.41, 5.74) is 2.41. The van der Waals surface area contributed by atoms with E-state index in [1.807, 2.05) is 91.0 Å². The van der Waals surface area contributed by atoms with Crippen LogP contribution in [-0.4, -0.2) is 135 Å². The van der Waals surface area contributed by atoms with E-state index in [1.165, 1.54) is 7.11 Å². The van der Waals surface area contributed by atoms with Crippen LogP contribution in [0.5, 0.6) is 0 Å². The highest BCUT2D eigenvalue weighted by molar-refractivity contribution is 5.93. The van der Waals surface area contributed by atoms with Gasteiger partial charge in [0.1, 0.15) is 49.3 Å². The van der Waals surface area contributed by atoms with E-state index >= 15 is 0 Å². The van der Waals surface area contributed by atoms with Crippen molar-refractivity contribution in [2.45, 2.75) is 121 Å². The van der Waals surface area contributed by atoms with Crippen LogP contribution in [0.3, 0.4) is 0 Å². The average Bonchev–Trinajstić information content (AvgIpc) is 3.64. The lowest BCUT2D eigenvalue weighted by atomic mass is 9.87. The minimum atomic E-state index is -2.62. The van der Waals surface area contributed by atoms with Crippen molar-refractivity contribution in [1.82, 2.24) is 4.90 Å². The van der Waals surface area contributed by atoms with Gasteiger partial charge in [0.15, 0.2) is 18.5 Å². The van der Waals surface area contributed by atoms with Crippen molar-refractivity contribution in [3.8, 4) is 0 Å². The summed E-state index contributed by atoms with van der Waals surface area (Å²) in [6.07, 6.45) is -14.3. The fraction of sp³-hybridized carbons (Fsp3) is 0.489. The van der Waals surface area contributed by atoms with E-state index in [2.05, 4.69) is 0 Å². The highest BCUT2D eigenvalue weighted by Gasteiger charge is 2.66. The van der Waals surface area contributed by atoms with Crippen molar-refractivity contribution in [2.24, 2.45) is 0 Å². The number of hydrogen-bond acceptors (Lipinski definition) is 18. The van der Waals surface area contributed by atoms with Gasteiger partial charge in [-0.15, -0.1) is 0 Å². The summed E-state index contributed by atoms with van der Waals surface area (Å²) < 4.78 is 73.4. The molecule has 0 aromatic heterocycles. The Bertz CT molecular complexity index is 2110. The molecule has 0 saturated carbocycles. The summed E-state index contributed by atoms with van der Waals surface area (Å²) in [6, 6.07) is 26.4. The molecule has 19 heteroatoms. The van der Waals surface area contributed by atoms with Gasteiger partial charge in [-0.1, -0.05) is 91.0 Å². The Balaban J connectivity index is 1.49. The second-order valence-electron chi connectivity index (χ2n) is 15.7. The van der Waals surface area contributed by atoms with E-state index in [-0.39, 0.29) is 26.4 Å². The molecular formula is C47H55NO18. The number of rotatable bonds is 20. The number of nitrogens with zero attached hydrogens (tertiary/aromatic N) is 1. The zero-order valence-electron chi connectivity index (χ0n) is 37.5. The molecule has 3 aromatic rings. The highest BCUT2D eigenvalue weighted by atomic mass is 16.8. The number of imide groups is 1. The summed E-state index contributed by atoms with van der Waals surface area (Å²) in [7, 11) is 2.47. The van der Waals surface area contributed by atoms with Crippen molar-refractivity contribution in [3.05, 3.63) is 108 Å². The Morgan fingerprint density at radius 1 is 0.727 bits per heavy atom. The molecule has 3 aromatic carbocycles. The van der Waals surface area contributed by atoms with Gasteiger partial charge in [-0.3, -0.25) is 19.2 Å². The molecule has 3 aliphatic rings. The number of fused-ring (bicyclic) bond motifs is 1. The van der Waals surface area contributed by atoms with Crippen LogP contribution < -0.4 is 0 Å². The Morgan fingerprint density at radius 3 is 1.80 bits per heavy atom. The quantitative estimate of drug-likeness (QED) is 0.116. The molecule has 0 unspecified atom stereocenters. The Morgan fingerprint density at radius 2 is 1.29 bits per heavy atom. The summed E-state index contributed by atoms with van der Waals surface area (Å²) in [6.45, 7) is 3.72. The highest BCUT2D eigenvalue weighted by Crippen LogP contribution is 2.44. The zero-order valence-corrected chi connectivity index (χ0v) is 37.5. The first kappa shape index (κ1) is 49.6. The van der Waals surface area contributed by atoms with Crippen molar-refractivity contribution in [1.29, 1.82) is 0 Å². The number of ether oxygens (including phenoxy) is 12. The monoisotopic (exact) mass is 921 g/mol. The number of carbonyl (C=O) groups excluding carboxylic acids is 6. The maximum absolute atomic E-state index is 14.6. The third kappa shape index (κ3) is 12.3. The third-order valence-electron chi connectivity index (χ3n) is 11.0. The standard InChI is InChI=1S/C47H55NO18/c1-28(49)48-38-35(64-46(48)54)22-47(45(53)56-6,65-41(38)40(62-31(4)52)37(61-30(3)51)27-58-29(2)50)66-42-39(59-24-33-18-12-8-13-19-33)36(26-57-23-32-16-10-7-11-17-32)63-44(55-5)43(42)60-25-34-20-14-9-15-21-34/h7-21,35-44H,22-27H2,1-6H3/t35-,36+,37+,38+,39-,40+,41+,42-,43+,44+,47+/m0/s1. The van der Waals surface area contributed by atoms with Crippen molar-refractivity contribution in [2.75, 3.05) is 27.4 Å². The topological polar surface area (TPSA) is 216 Å². The van der Waals surface area contributed by atoms with Crippen molar-refractivity contribution in [3.63, 3.8) is 0 Å². The lowest BCUT2D eigenvalue weighted by molar-refractivity contribution is -0.376. The second-order valence-corrected chi connectivity index (χ2v) is 15.7. The Labute approximate surface area is 381 Å². The van der Waals surface area contributed by atoms with E-state index < -0.39 is 116 Å². The predicted octanol–water partition coefficient (Wildman–Crippen LogP) is 3.95. The average molecular weight is 922 g/mol. The van der Waals surface area contributed by atoms with E-state index in [0.29, 0.717) is 0 Å². The number of benzene rings is 3. The molecule has 0 N–H and O–H groups in total. The van der Waals surface area contributed by atoms with E-state index in [0.717, 1.165) is 56.4 Å². The lowest BCUT2D eigenvalue weighted by Gasteiger charge is -2.51. The van der Waals surface area contributed by atoms with Crippen LogP contribution in [0.4, 0.5) is 4.79 Å². The first-order valence-corrected chi connectivity index (χ1v) is 21.3. The van der Waals surface area contributed by atoms with Crippen LogP contribution in [0.25, 0.3) is 0 Å². The molecule has 19 nitrogen and oxygen atoms in total. The van der Waals surface area contributed by atoms with Gasteiger partial charge in [0.25, 0.3) is 5.79 Å². The minimum absolute atomic E-state index is 0.00546. The molecule has 0 radical (unpaired) electrons. The van der Waals surface area contributed by atoms with Crippen molar-refractivity contribution >= 4 is 35.9 Å². The molecule has 0 bridgehead atoms. The third-order valence-corrected chi connectivity index (χ3v) is 11.0. The van der Waals surface area contributed by atoms with E-state index in [1.54, 1.807) is 0 Å². The van der Waals surface area contributed by atoms with Crippen LogP contribution in [-0.2, 0) is 101 Å². The van der Waals surface area contributed by atoms with Gasteiger partial charge in [0.05, 0.1) is 40.0 Å². The van der Waals surface area contributed by atoms with Crippen LogP contribution in [0.1, 0.15) is 50.8 Å². The number of hydrogen-bond donors (Lipinski definition) is 0. The fourth-order valence-corrected chi connectivity index (χ4v) is 8.17. The predicted molar refractivity (Wildman–Crippen MR) is 225 cm³/mol. The number of esters is 4. The van der Waals surface area contributed by atoms with E-state index in [4.69, 9.17) is 56.8 Å². The molecule has 3 saturated heterocycles. The first-order chi connectivity index (χ1) is 31.7. The summed E-state index contributed by atoms with van der Waals surface area (Å²) >= 11 is 0. The minimum Gasteiger partial charge on any atom is -0.465 e. The van der Waals surface area contributed by atoms with Crippen LogP contribution in [0.2, 0.25) is 0 Å². The molecule has 6 rings (SSSR count). The van der Waals surface area contributed by atoms with Gasteiger partial charge in [-0.05, 0) is 16.7 Å². The maximum atomic E-state index is 14.6. The smallest absolute Gasteiger partial charge is 0.417 e. The van der Waals surface area contributed by atoms with Gasteiger partial charge in [-0.2, -0.15) is 0 Å². The molecule has 0 spiro atoms. The van der Waals surface area contributed by atoms with Crippen LogP contribution >= 0.6 is 0 Å². The molecule has 11 atom stereocenters. The molecule has 2 amide bonds. The lowest BCUT2D eigenvalue weighted by Crippen LogP contribution is -2.70. The number of amides is 2. The van der Waals surface area contributed by atoms with Crippen LogP contribution in [0.15, 0.2) is 91.0 Å². The normalized spacial score (nSPS) is 26.8. The largest absolute Gasteiger partial charge is 0.465 e. The van der Waals surface area contributed by atoms with Gasteiger partial charge in [0.2, 0.25) is 5.91 Å². The summed E-state index contributed by atoms with van der Waals surface area (Å²) in [4.78, 5) is 79.7. The molecule has 3 aliphatic heterocycles. The second kappa shape index (κ2) is 23.1. The summed E-state index contributed by atoms with van der Waals surface area (Å²) in [5.74, 6) is -7.19. The molecule has 0 aliphatic carbocycles. The van der Waals surface area contributed by atoms with Gasteiger partial charge in [0, 0.05) is 34.8 Å². The molecular weight excluding hydrogens is 867 g/mol. The van der Waals surface area contributed by atoms with Gasteiger partial charge in [-0.25, -0.2) is 14.5 Å². The molecule has 3 heterocycles. The number of methoxy groups -OCH3 is 2. The van der Waals surface area contributed by atoms with Crippen molar-refractivity contribution < 1.29 is 85.6 Å². The Hall–Kier alpha value is -5.80. The molecule has 3 fully saturated rings. The Kier molecular flexibility index (Phi) is 17.4. The maximum Gasteiger partial charge on any atom is 0.417 e. The zero-order chi connectivity index (χ0) is 47.4. The van der Waals surface area contributed by atoms with Gasteiger partial charge >= 0.3 is 30.0 Å². The fourth-order valence-electron chi connectivity index (χ4n) is 8.17. The first-order valence-electron chi connectivity index (χ1n) is 21.3. The SMILES string of the molecule is COC(=O)[C@]1(O[C@H]2[C@@H](OCc3ccccc3)[C@@H](COCc3ccccc3)O[C@@H](OC)[C@@H]2OCc2ccccc2)C[C@@H]2OC(=O)N(C(C)=O)[C@H]2[C@H]([C@H](OC(C)=O)[C@@H](COC(C)=O)OC(C)=O)O1. The summed E-state index contributed by atoms with van der Waals surface area (Å²) in [5, 5.41) is 0. The number of carbonyl (C=O) groups is 6. The van der Waals surface area contributed by atoms with E-state index in [9.17, 15) is 28.8 Å². The molecule has 356 valence electrons. The van der Waals surface area contributed by atoms with Gasteiger partial charge < -0.3 is 56.8 Å².